The van der Waals surface area contributed by atoms with Crippen LogP contribution in [0.15, 0.2) is 47.8 Å². The van der Waals surface area contributed by atoms with Gasteiger partial charge in [0.1, 0.15) is 11.6 Å². The zero-order valence-corrected chi connectivity index (χ0v) is 16.8. The second kappa shape index (κ2) is 8.19. The minimum absolute atomic E-state index is 0.156. The monoisotopic (exact) mass is 429 g/mol. The molecule has 30 heavy (non-hydrogen) atoms. The molecule has 1 fully saturated rings. The first-order valence-corrected chi connectivity index (χ1v) is 10.0. The van der Waals surface area contributed by atoms with Crippen molar-refractivity contribution in [3.63, 3.8) is 0 Å². The van der Waals surface area contributed by atoms with Crippen LogP contribution in [0.5, 0.6) is 0 Å². The maximum Gasteiger partial charge on any atom is 0.357 e. The lowest BCUT2D eigenvalue weighted by molar-refractivity contribution is 0.0595. The number of amides is 2. The number of hydrogen-bond donors (Lipinski definition) is 0. The number of nitrogens with zero attached hydrogens (tertiary/aromatic N) is 3. The molecule has 1 saturated heterocycles. The Hall–Kier alpha value is -3.33. The molecular formula is C21H17F2N3O3S. The second-order valence-corrected chi connectivity index (χ2v) is 7.45. The van der Waals surface area contributed by atoms with E-state index in [-0.39, 0.29) is 17.3 Å². The summed E-state index contributed by atoms with van der Waals surface area (Å²) >= 11 is 1.19. The van der Waals surface area contributed by atoms with Gasteiger partial charge < -0.3 is 4.74 Å². The average Bonchev–Trinajstić information content (AvgIpc) is 3.25. The lowest BCUT2D eigenvalue weighted by Gasteiger charge is -2.34. The fourth-order valence-electron chi connectivity index (χ4n) is 3.27. The van der Waals surface area contributed by atoms with Crippen molar-refractivity contribution in [1.29, 1.82) is 0 Å². The van der Waals surface area contributed by atoms with Gasteiger partial charge in [0.15, 0.2) is 10.8 Å². The molecule has 1 aromatic heterocycles. The summed E-state index contributed by atoms with van der Waals surface area (Å²) in [7, 11) is 1.27. The van der Waals surface area contributed by atoms with Crippen LogP contribution in [0.2, 0.25) is 0 Å². The highest BCUT2D eigenvalue weighted by molar-refractivity contribution is 7.14. The maximum absolute atomic E-state index is 14.0. The van der Waals surface area contributed by atoms with Gasteiger partial charge in [-0.15, -0.1) is 11.3 Å². The highest BCUT2D eigenvalue weighted by Gasteiger charge is 2.30. The number of esters is 1. The number of aromatic nitrogens is 1. The molecule has 0 saturated carbocycles. The van der Waals surface area contributed by atoms with Gasteiger partial charge in [0.25, 0.3) is 0 Å². The van der Waals surface area contributed by atoms with Crippen molar-refractivity contribution >= 4 is 34.2 Å². The quantitative estimate of drug-likeness (QED) is 0.564. The molecule has 6 nitrogen and oxygen atoms in total. The Kier molecular flexibility index (Phi) is 5.45. The van der Waals surface area contributed by atoms with E-state index in [2.05, 4.69) is 9.72 Å². The number of ether oxygens (including phenoxy) is 1. The molecule has 1 aliphatic heterocycles. The Labute approximate surface area is 175 Å². The lowest BCUT2D eigenvalue weighted by atomic mass is 10.0. The summed E-state index contributed by atoms with van der Waals surface area (Å²) in [4.78, 5) is 32.0. The average molecular weight is 429 g/mol. The molecule has 0 unspecified atom stereocenters. The van der Waals surface area contributed by atoms with E-state index in [0.29, 0.717) is 35.9 Å². The normalized spacial score (nSPS) is 14.2. The smallest absolute Gasteiger partial charge is 0.357 e. The molecule has 2 heterocycles. The van der Waals surface area contributed by atoms with Gasteiger partial charge in [0.2, 0.25) is 0 Å². The number of urea groups is 1. The first-order valence-electron chi connectivity index (χ1n) is 9.16. The number of carbonyl (C=O) groups excluding carboxylic acids is 2. The second-order valence-electron chi connectivity index (χ2n) is 6.62. The summed E-state index contributed by atoms with van der Waals surface area (Å²) in [6.07, 6.45) is 0.707. The molecule has 0 N–H and O–H groups in total. The highest BCUT2D eigenvalue weighted by Crippen LogP contribution is 2.30. The largest absolute Gasteiger partial charge is 0.464 e. The molecule has 0 bridgehead atoms. The van der Waals surface area contributed by atoms with E-state index in [1.54, 1.807) is 34.5 Å². The van der Waals surface area contributed by atoms with Crippen LogP contribution in [0.1, 0.15) is 16.9 Å². The van der Waals surface area contributed by atoms with Gasteiger partial charge in [-0.2, -0.15) is 0 Å². The minimum Gasteiger partial charge on any atom is -0.464 e. The van der Waals surface area contributed by atoms with Crippen LogP contribution < -0.4 is 9.80 Å². The van der Waals surface area contributed by atoms with Crippen LogP contribution in [0.4, 0.5) is 24.4 Å². The van der Waals surface area contributed by atoms with Gasteiger partial charge in [-0.25, -0.2) is 23.4 Å². The topological polar surface area (TPSA) is 62.7 Å². The zero-order chi connectivity index (χ0) is 21.3. The predicted molar refractivity (Wildman–Crippen MR) is 110 cm³/mol. The van der Waals surface area contributed by atoms with E-state index >= 15 is 0 Å². The van der Waals surface area contributed by atoms with E-state index < -0.39 is 17.6 Å². The third kappa shape index (κ3) is 3.76. The van der Waals surface area contributed by atoms with Gasteiger partial charge in [-0.1, -0.05) is 12.1 Å². The lowest BCUT2D eigenvalue weighted by Crippen LogP contribution is -2.49. The molecule has 4 rings (SSSR count). The van der Waals surface area contributed by atoms with Gasteiger partial charge in [0, 0.05) is 29.7 Å². The Bertz CT molecular complexity index is 1100. The van der Waals surface area contributed by atoms with E-state index in [9.17, 15) is 18.4 Å². The molecule has 0 spiro atoms. The van der Waals surface area contributed by atoms with Gasteiger partial charge in [-0.3, -0.25) is 9.80 Å². The molecule has 9 heteroatoms. The number of thiazole rings is 1. The molecular weight excluding hydrogens is 412 g/mol. The molecule has 0 aliphatic carbocycles. The van der Waals surface area contributed by atoms with Crippen molar-refractivity contribution in [3.05, 3.63) is 65.2 Å². The van der Waals surface area contributed by atoms with Crippen LogP contribution >= 0.6 is 11.3 Å². The van der Waals surface area contributed by atoms with Gasteiger partial charge in [0.05, 0.1) is 7.11 Å². The summed E-state index contributed by atoms with van der Waals surface area (Å²) in [5.74, 6) is -1.60. The summed E-state index contributed by atoms with van der Waals surface area (Å²) in [5.41, 5.74) is 1.46. The van der Waals surface area contributed by atoms with Crippen molar-refractivity contribution in [2.75, 3.05) is 30.0 Å². The summed E-state index contributed by atoms with van der Waals surface area (Å²) in [5, 5.41) is 1.97. The van der Waals surface area contributed by atoms with Crippen LogP contribution in [0.25, 0.3) is 11.1 Å². The highest BCUT2D eigenvalue weighted by atomic mass is 32.1. The Morgan fingerprint density at radius 3 is 2.57 bits per heavy atom. The summed E-state index contributed by atoms with van der Waals surface area (Å²) < 4.78 is 32.2. The molecule has 3 aromatic rings. The van der Waals surface area contributed by atoms with Crippen molar-refractivity contribution < 1.29 is 23.1 Å². The molecule has 2 amide bonds. The van der Waals surface area contributed by atoms with Crippen molar-refractivity contribution in [1.82, 2.24) is 4.98 Å². The summed E-state index contributed by atoms with van der Waals surface area (Å²) in [6.45, 7) is 0.994. The Balaban J connectivity index is 1.56. The van der Waals surface area contributed by atoms with Crippen molar-refractivity contribution in [2.24, 2.45) is 0 Å². The molecule has 154 valence electrons. The van der Waals surface area contributed by atoms with Crippen molar-refractivity contribution in [3.8, 4) is 11.1 Å². The third-order valence-corrected chi connectivity index (χ3v) is 5.62. The van der Waals surface area contributed by atoms with Crippen molar-refractivity contribution in [2.45, 2.75) is 6.42 Å². The van der Waals surface area contributed by atoms with E-state index in [1.807, 2.05) is 0 Å². The number of benzene rings is 2. The standard InChI is InChI=1S/C21H17F2N3O3S/c1-29-19(27)18-12-30-20(24-18)26-10-2-9-25(21(26)28)15-6-3-13(4-7-15)16-11-14(22)5-8-17(16)23/h3-8,11-12H,2,9-10H2,1H3. The van der Waals surface area contributed by atoms with Crippen LogP contribution in [-0.4, -0.2) is 37.2 Å². The van der Waals surface area contributed by atoms with Crippen LogP contribution in [0, 0.1) is 11.6 Å². The first-order chi connectivity index (χ1) is 14.5. The van der Waals surface area contributed by atoms with Gasteiger partial charge in [-0.05, 0) is 42.3 Å². The third-order valence-electron chi connectivity index (χ3n) is 4.76. The van der Waals surface area contributed by atoms with E-state index in [4.69, 9.17) is 0 Å². The maximum atomic E-state index is 14.0. The fraction of sp³-hybridized carbons (Fsp3) is 0.190. The molecule has 0 atom stereocenters. The minimum atomic E-state index is -0.556. The fourth-order valence-corrected chi connectivity index (χ4v) is 4.08. The number of rotatable bonds is 4. The zero-order valence-electron chi connectivity index (χ0n) is 16.0. The number of carbonyl (C=O) groups is 2. The number of methoxy groups -OCH3 is 1. The summed E-state index contributed by atoms with van der Waals surface area (Å²) in [6, 6.07) is 9.72. The predicted octanol–water partition coefficient (Wildman–Crippen LogP) is 4.71. The van der Waals surface area contributed by atoms with Crippen LogP contribution in [-0.2, 0) is 4.74 Å². The van der Waals surface area contributed by atoms with E-state index in [0.717, 1.165) is 18.2 Å². The Morgan fingerprint density at radius 1 is 1.10 bits per heavy atom. The van der Waals surface area contributed by atoms with E-state index in [1.165, 1.54) is 23.3 Å². The van der Waals surface area contributed by atoms with Gasteiger partial charge >= 0.3 is 12.0 Å². The number of halogens is 2. The SMILES string of the molecule is COC(=O)c1csc(N2CCCN(c3ccc(-c4cc(F)ccc4F)cc3)C2=O)n1. The number of hydrogen-bond acceptors (Lipinski definition) is 5. The molecule has 2 aromatic carbocycles. The molecule has 1 aliphatic rings. The van der Waals surface area contributed by atoms with Crippen LogP contribution in [0.3, 0.4) is 0 Å². The number of anilines is 2. The molecule has 0 radical (unpaired) electrons. The Morgan fingerprint density at radius 2 is 1.83 bits per heavy atom. The first kappa shape index (κ1) is 20.0.